The molecule has 0 aliphatic rings. The molecule has 0 fully saturated rings. The predicted octanol–water partition coefficient (Wildman–Crippen LogP) is 0.995. The highest BCUT2D eigenvalue weighted by Crippen LogP contribution is 2.10. The Kier molecular flexibility index (Phi) is 1.96. The number of hydrogen-bond acceptors (Lipinski definition) is 3. The summed E-state index contributed by atoms with van der Waals surface area (Å²) < 4.78 is 9.87. The van der Waals surface area contributed by atoms with Gasteiger partial charge in [-0.15, -0.1) is 6.42 Å². The van der Waals surface area contributed by atoms with Gasteiger partial charge < -0.3 is 9.15 Å². The van der Waals surface area contributed by atoms with Crippen LogP contribution in [0.5, 0.6) is 5.95 Å². The van der Waals surface area contributed by atoms with Crippen LogP contribution in [0.2, 0.25) is 0 Å². The minimum atomic E-state index is 0.217. The van der Waals surface area contributed by atoms with E-state index < -0.39 is 0 Å². The summed E-state index contributed by atoms with van der Waals surface area (Å²) in [6.45, 7) is 1.96. The van der Waals surface area contributed by atoms with Gasteiger partial charge in [0.25, 0.3) is 0 Å². The van der Waals surface area contributed by atoms with E-state index in [1.165, 1.54) is 6.20 Å². The van der Waals surface area contributed by atoms with Gasteiger partial charge in [-0.3, -0.25) is 0 Å². The highest BCUT2D eigenvalue weighted by molar-refractivity contribution is 5.00. The summed E-state index contributed by atoms with van der Waals surface area (Å²) in [5.74, 6) is 3.26. The van der Waals surface area contributed by atoms with Gasteiger partial charge in [0.15, 0.2) is 12.5 Å². The minimum Gasteiger partial charge on any atom is -0.451 e. The summed E-state index contributed by atoms with van der Waals surface area (Å²) in [5.41, 5.74) is 0. The van der Waals surface area contributed by atoms with E-state index in [0.29, 0.717) is 11.8 Å². The van der Waals surface area contributed by atoms with E-state index in [1.54, 1.807) is 6.92 Å². The van der Waals surface area contributed by atoms with Crippen molar-refractivity contribution < 1.29 is 9.15 Å². The Morgan fingerprint density at radius 3 is 3.20 bits per heavy atom. The molecule has 0 aromatic carbocycles. The predicted molar refractivity (Wildman–Crippen MR) is 35.6 cm³/mol. The molecule has 0 spiro atoms. The van der Waals surface area contributed by atoms with Crippen molar-refractivity contribution in [3.8, 4) is 18.3 Å². The molecule has 1 aromatic rings. The standard InChI is InChI=1S/C7H7NO2/c1-3-4-9-7-5-8-6(2)10-7/h1,5H,4H2,2H3. The van der Waals surface area contributed by atoms with Gasteiger partial charge >= 0.3 is 5.95 Å². The molecule has 0 saturated heterocycles. The Bertz CT molecular complexity index is 246. The van der Waals surface area contributed by atoms with Gasteiger partial charge in [-0.05, 0) is 0 Å². The lowest BCUT2D eigenvalue weighted by Gasteiger charge is -1.91. The SMILES string of the molecule is C#CCOc1cnc(C)o1. The van der Waals surface area contributed by atoms with Crippen LogP contribution in [0.25, 0.3) is 0 Å². The second-order valence-electron chi connectivity index (χ2n) is 1.69. The van der Waals surface area contributed by atoms with Crippen molar-refractivity contribution in [1.82, 2.24) is 4.98 Å². The molecular formula is C7H7NO2. The maximum atomic E-state index is 4.96. The molecule has 0 N–H and O–H groups in total. The average Bonchev–Trinajstić information content (AvgIpc) is 2.31. The molecule has 0 unspecified atom stereocenters. The van der Waals surface area contributed by atoms with Crippen molar-refractivity contribution >= 4 is 0 Å². The highest BCUT2D eigenvalue weighted by atomic mass is 16.6. The van der Waals surface area contributed by atoms with E-state index in [-0.39, 0.29) is 6.61 Å². The van der Waals surface area contributed by atoms with Crippen LogP contribution in [0.3, 0.4) is 0 Å². The quantitative estimate of drug-likeness (QED) is 0.570. The molecule has 0 radical (unpaired) electrons. The number of hydrogen-bond donors (Lipinski definition) is 0. The Labute approximate surface area is 59.0 Å². The summed E-state index contributed by atoms with van der Waals surface area (Å²) in [7, 11) is 0. The normalized spacial score (nSPS) is 8.80. The molecule has 3 nitrogen and oxygen atoms in total. The fourth-order valence-electron chi connectivity index (χ4n) is 0.521. The minimum absolute atomic E-state index is 0.217. The third-order valence-electron chi connectivity index (χ3n) is 0.898. The summed E-state index contributed by atoms with van der Waals surface area (Å²) in [4.78, 5) is 3.81. The molecular weight excluding hydrogens is 130 g/mol. The monoisotopic (exact) mass is 137 g/mol. The summed E-state index contributed by atoms with van der Waals surface area (Å²) >= 11 is 0. The lowest BCUT2D eigenvalue weighted by atomic mass is 10.7. The van der Waals surface area contributed by atoms with Crippen LogP contribution in [0.15, 0.2) is 10.6 Å². The van der Waals surface area contributed by atoms with Crippen LogP contribution < -0.4 is 4.74 Å². The topological polar surface area (TPSA) is 35.3 Å². The van der Waals surface area contributed by atoms with E-state index in [1.807, 2.05) is 0 Å². The van der Waals surface area contributed by atoms with Gasteiger partial charge in [0.05, 0.1) is 0 Å². The molecule has 0 bridgehead atoms. The van der Waals surface area contributed by atoms with E-state index in [9.17, 15) is 0 Å². The maximum absolute atomic E-state index is 4.96. The van der Waals surface area contributed by atoms with E-state index in [2.05, 4.69) is 10.9 Å². The number of nitrogens with zero attached hydrogens (tertiary/aromatic N) is 1. The number of oxazole rings is 1. The molecule has 52 valence electrons. The maximum Gasteiger partial charge on any atom is 0.306 e. The van der Waals surface area contributed by atoms with E-state index in [4.69, 9.17) is 15.6 Å². The molecule has 10 heavy (non-hydrogen) atoms. The van der Waals surface area contributed by atoms with E-state index in [0.717, 1.165) is 0 Å². The zero-order chi connectivity index (χ0) is 7.40. The van der Waals surface area contributed by atoms with Crippen LogP contribution in [-0.4, -0.2) is 11.6 Å². The first-order chi connectivity index (χ1) is 4.83. The summed E-state index contributed by atoms with van der Waals surface area (Å²) in [6, 6.07) is 0. The first-order valence-corrected chi connectivity index (χ1v) is 2.81. The molecule has 3 heteroatoms. The van der Waals surface area contributed by atoms with Crippen molar-refractivity contribution in [2.45, 2.75) is 6.92 Å². The third kappa shape index (κ3) is 1.52. The van der Waals surface area contributed by atoms with Crippen LogP contribution in [0.4, 0.5) is 0 Å². The third-order valence-corrected chi connectivity index (χ3v) is 0.898. The van der Waals surface area contributed by atoms with Crippen LogP contribution in [0, 0.1) is 19.3 Å². The van der Waals surface area contributed by atoms with Crippen molar-refractivity contribution in [3.63, 3.8) is 0 Å². The van der Waals surface area contributed by atoms with Gasteiger partial charge in [-0.2, -0.15) is 0 Å². The van der Waals surface area contributed by atoms with Gasteiger partial charge in [0, 0.05) is 6.92 Å². The van der Waals surface area contributed by atoms with Crippen molar-refractivity contribution in [2.24, 2.45) is 0 Å². The second-order valence-corrected chi connectivity index (χ2v) is 1.69. The molecule has 0 saturated carbocycles. The van der Waals surface area contributed by atoms with E-state index >= 15 is 0 Å². The van der Waals surface area contributed by atoms with Gasteiger partial charge in [0.2, 0.25) is 0 Å². The molecule has 0 amide bonds. The number of rotatable bonds is 2. The molecule has 0 atom stereocenters. The highest BCUT2D eigenvalue weighted by Gasteiger charge is 1.97. The fourth-order valence-corrected chi connectivity index (χ4v) is 0.521. The zero-order valence-electron chi connectivity index (χ0n) is 5.63. The number of aryl methyl sites for hydroxylation is 1. The number of ether oxygens (including phenoxy) is 1. The molecule has 0 aliphatic heterocycles. The number of terminal acetylenes is 1. The van der Waals surface area contributed by atoms with Crippen molar-refractivity contribution in [1.29, 1.82) is 0 Å². The molecule has 1 heterocycles. The summed E-state index contributed by atoms with van der Waals surface area (Å²) in [6.07, 6.45) is 6.44. The van der Waals surface area contributed by atoms with Gasteiger partial charge in [0.1, 0.15) is 6.20 Å². The molecule has 1 rings (SSSR count). The largest absolute Gasteiger partial charge is 0.451 e. The average molecular weight is 137 g/mol. The lowest BCUT2D eigenvalue weighted by Crippen LogP contribution is -1.90. The Hall–Kier alpha value is -1.43. The Morgan fingerprint density at radius 1 is 1.90 bits per heavy atom. The Balaban J connectivity index is 2.52. The molecule has 0 aliphatic carbocycles. The van der Waals surface area contributed by atoms with Crippen LogP contribution >= 0.6 is 0 Å². The zero-order valence-corrected chi connectivity index (χ0v) is 5.63. The smallest absolute Gasteiger partial charge is 0.306 e. The fraction of sp³-hybridized carbons (Fsp3) is 0.286. The van der Waals surface area contributed by atoms with Gasteiger partial charge in [-0.1, -0.05) is 5.92 Å². The van der Waals surface area contributed by atoms with Crippen molar-refractivity contribution in [2.75, 3.05) is 6.61 Å². The number of aromatic nitrogens is 1. The van der Waals surface area contributed by atoms with Crippen LogP contribution in [0.1, 0.15) is 5.89 Å². The summed E-state index contributed by atoms with van der Waals surface area (Å²) in [5, 5.41) is 0. The first-order valence-electron chi connectivity index (χ1n) is 2.81. The second kappa shape index (κ2) is 2.92. The Morgan fingerprint density at radius 2 is 2.70 bits per heavy atom. The lowest BCUT2D eigenvalue weighted by molar-refractivity contribution is 0.271. The van der Waals surface area contributed by atoms with Crippen LogP contribution in [-0.2, 0) is 0 Å². The molecule has 1 aromatic heterocycles. The van der Waals surface area contributed by atoms with Gasteiger partial charge in [-0.25, -0.2) is 4.98 Å². The van der Waals surface area contributed by atoms with Crippen molar-refractivity contribution in [3.05, 3.63) is 12.1 Å². The first kappa shape index (κ1) is 6.69.